The van der Waals surface area contributed by atoms with Crippen LogP contribution in [0, 0.1) is 5.82 Å². The number of rotatable bonds is 15. The minimum Gasteiger partial charge on any atom is -0.465 e. The van der Waals surface area contributed by atoms with Gasteiger partial charge in [-0.3, -0.25) is 14.4 Å². The van der Waals surface area contributed by atoms with Crippen LogP contribution in [0.25, 0.3) is 0 Å². The highest BCUT2D eigenvalue weighted by molar-refractivity contribution is 7.14. The smallest absolute Gasteiger partial charge is 0.416 e. The van der Waals surface area contributed by atoms with Crippen LogP contribution < -0.4 is 5.32 Å². The van der Waals surface area contributed by atoms with Crippen molar-refractivity contribution in [2.75, 3.05) is 66.7 Å². The van der Waals surface area contributed by atoms with Crippen molar-refractivity contribution in [3.05, 3.63) is 128 Å². The monoisotopic (exact) mass is 961 g/mol. The summed E-state index contributed by atoms with van der Waals surface area (Å²) in [7, 11) is 3.35. The number of likely N-dealkylation sites (N-methyl/N-ethyl adjacent to an activating group) is 1. The van der Waals surface area contributed by atoms with Gasteiger partial charge in [-0.2, -0.15) is 26.3 Å². The summed E-state index contributed by atoms with van der Waals surface area (Å²) in [5.74, 6) is -2.02. The maximum atomic E-state index is 14.1. The van der Waals surface area contributed by atoms with Crippen molar-refractivity contribution in [3.8, 4) is 0 Å². The molecular formula is C47H50F7N5O7S. The third-order valence-electron chi connectivity index (χ3n) is 13.0. The summed E-state index contributed by atoms with van der Waals surface area (Å²) in [5.41, 5.74) is -2.89. The SMILES string of the molecule is CN(CCCN(C)C(=O)c1ccc(CNC(=O)O)s1)C(=O)CO[C@H]1Cc2ccccc2C12CCN(CC[C@]1(c3ccc(F)cc3)CN(C(=O)c3cc(C(F)(F)F)cc(C(F)(F)F)c3)CO1)CC2. The summed E-state index contributed by atoms with van der Waals surface area (Å²) in [6, 6.07) is 17.6. The van der Waals surface area contributed by atoms with Gasteiger partial charge in [-0.15, -0.1) is 11.3 Å². The molecule has 2 aliphatic heterocycles. The fraction of sp³-hybridized carbons (Fsp3) is 0.447. The second kappa shape index (κ2) is 20.0. The van der Waals surface area contributed by atoms with Gasteiger partial charge in [0, 0.05) is 49.6 Å². The zero-order valence-electron chi connectivity index (χ0n) is 36.7. The molecule has 0 bridgehead atoms. The van der Waals surface area contributed by atoms with Gasteiger partial charge in [-0.05, 0) is 104 Å². The molecule has 1 spiro atoms. The average Bonchev–Trinajstić information content (AvgIpc) is 4.03. The van der Waals surface area contributed by atoms with Crippen molar-refractivity contribution in [1.82, 2.24) is 24.9 Å². The van der Waals surface area contributed by atoms with E-state index in [0.717, 1.165) is 16.0 Å². The number of amides is 4. The zero-order chi connectivity index (χ0) is 48.3. The van der Waals surface area contributed by atoms with Crippen LogP contribution in [0.1, 0.15) is 78.4 Å². The lowest BCUT2D eigenvalue weighted by Crippen LogP contribution is -2.50. The number of benzene rings is 3. The minimum atomic E-state index is -5.14. The minimum absolute atomic E-state index is 0.0349. The van der Waals surface area contributed by atoms with Gasteiger partial charge in [0.15, 0.2) is 0 Å². The van der Waals surface area contributed by atoms with Crippen LogP contribution in [0.3, 0.4) is 0 Å². The molecule has 0 unspecified atom stereocenters. The van der Waals surface area contributed by atoms with Crippen molar-refractivity contribution in [2.45, 2.75) is 68.1 Å². The summed E-state index contributed by atoms with van der Waals surface area (Å²) < 4.78 is 109. The van der Waals surface area contributed by atoms with E-state index in [-0.39, 0.29) is 50.1 Å². The lowest BCUT2D eigenvalue weighted by molar-refractivity contribution is -0.143. The molecule has 3 heterocycles. The van der Waals surface area contributed by atoms with Crippen molar-refractivity contribution in [1.29, 1.82) is 0 Å². The molecule has 1 aliphatic carbocycles. The van der Waals surface area contributed by atoms with Gasteiger partial charge in [-0.1, -0.05) is 36.4 Å². The number of halogens is 7. The normalized spacial score (nSPS) is 19.4. The molecule has 2 saturated heterocycles. The molecule has 1 aromatic heterocycles. The number of thiophene rings is 1. The van der Waals surface area contributed by atoms with Gasteiger partial charge in [0.1, 0.15) is 24.8 Å². The second-order valence-electron chi connectivity index (χ2n) is 17.3. The first-order valence-corrected chi connectivity index (χ1v) is 22.5. The number of carboxylic acid groups (broad SMARTS) is 1. The van der Waals surface area contributed by atoms with Crippen molar-refractivity contribution < 1.29 is 64.5 Å². The number of ether oxygens (including phenoxy) is 2. The quantitative estimate of drug-likeness (QED) is 0.115. The summed E-state index contributed by atoms with van der Waals surface area (Å²) in [6.07, 6.45) is -9.01. The number of piperidine rings is 1. The molecule has 360 valence electrons. The molecule has 2 fully saturated rings. The van der Waals surface area contributed by atoms with Crippen LogP contribution in [0.5, 0.6) is 0 Å². The number of carbonyl (C=O) groups excluding carboxylic acids is 3. The molecule has 2 atom stereocenters. The van der Waals surface area contributed by atoms with Gasteiger partial charge in [0.25, 0.3) is 11.8 Å². The molecule has 67 heavy (non-hydrogen) atoms. The predicted molar refractivity (Wildman–Crippen MR) is 232 cm³/mol. The Labute approximate surface area is 386 Å². The maximum absolute atomic E-state index is 14.1. The highest BCUT2D eigenvalue weighted by Crippen LogP contribution is 2.48. The van der Waals surface area contributed by atoms with Crippen LogP contribution in [-0.2, 0) is 50.6 Å². The number of carbonyl (C=O) groups is 4. The van der Waals surface area contributed by atoms with Gasteiger partial charge < -0.3 is 39.5 Å². The predicted octanol–water partition coefficient (Wildman–Crippen LogP) is 8.00. The fourth-order valence-corrected chi connectivity index (χ4v) is 10.2. The molecule has 4 amide bonds. The first-order valence-electron chi connectivity index (χ1n) is 21.6. The Morgan fingerprint density at radius 3 is 2.21 bits per heavy atom. The molecule has 12 nitrogen and oxygen atoms in total. The highest BCUT2D eigenvalue weighted by Gasteiger charge is 2.50. The molecule has 2 N–H and O–H groups in total. The summed E-state index contributed by atoms with van der Waals surface area (Å²) in [5, 5.41) is 11.1. The number of alkyl halides is 6. The van der Waals surface area contributed by atoms with Gasteiger partial charge in [0.2, 0.25) is 5.91 Å². The highest BCUT2D eigenvalue weighted by atomic mass is 32.1. The van der Waals surface area contributed by atoms with E-state index >= 15 is 0 Å². The molecule has 20 heteroatoms. The van der Waals surface area contributed by atoms with Crippen LogP contribution in [0.4, 0.5) is 35.5 Å². The van der Waals surface area contributed by atoms with E-state index in [9.17, 15) is 49.9 Å². The molecule has 3 aromatic carbocycles. The number of nitrogens with zero attached hydrogens (tertiary/aromatic N) is 4. The number of hydrogen-bond acceptors (Lipinski definition) is 8. The topological polar surface area (TPSA) is 132 Å². The van der Waals surface area contributed by atoms with Crippen LogP contribution in [-0.4, -0.2) is 121 Å². The average molecular weight is 962 g/mol. The van der Waals surface area contributed by atoms with E-state index in [4.69, 9.17) is 14.6 Å². The summed E-state index contributed by atoms with van der Waals surface area (Å²) in [6.45, 7) is 1.71. The number of fused-ring (bicyclic) bond motifs is 2. The molecule has 7 rings (SSSR count). The Balaban J connectivity index is 0.961. The Kier molecular flexibility index (Phi) is 14.7. The largest absolute Gasteiger partial charge is 0.465 e. The summed E-state index contributed by atoms with van der Waals surface area (Å²) in [4.78, 5) is 58.4. The van der Waals surface area contributed by atoms with E-state index in [0.29, 0.717) is 85.9 Å². The number of hydrogen-bond donors (Lipinski definition) is 2. The molecule has 0 saturated carbocycles. The first-order chi connectivity index (χ1) is 31.7. The number of likely N-dealkylation sites (tertiary alicyclic amines) is 1. The van der Waals surface area contributed by atoms with Crippen LogP contribution >= 0.6 is 11.3 Å². The Morgan fingerprint density at radius 1 is 0.896 bits per heavy atom. The Hall–Kier alpha value is -5.57. The number of nitrogens with one attached hydrogen (secondary N) is 1. The van der Waals surface area contributed by atoms with E-state index in [2.05, 4.69) is 22.3 Å². The van der Waals surface area contributed by atoms with Crippen molar-refractivity contribution in [3.63, 3.8) is 0 Å². The van der Waals surface area contributed by atoms with E-state index in [1.807, 2.05) is 12.1 Å². The summed E-state index contributed by atoms with van der Waals surface area (Å²) >= 11 is 1.21. The van der Waals surface area contributed by atoms with E-state index < -0.39 is 64.6 Å². The van der Waals surface area contributed by atoms with Gasteiger partial charge >= 0.3 is 18.4 Å². The maximum Gasteiger partial charge on any atom is 0.416 e. The zero-order valence-corrected chi connectivity index (χ0v) is 37.5. The van der Waals surface area contributed by atoms with Gasteiger partial charge in [0.05, 0.1) is 35.2 Å². The standard InChI is InChI=1S/C47H50F7N5O7S/c1-56(17-5-18-57(2)42(62)38-13-12-36(67-38)26-55-43(63)64)40(60)27-65-39-24-30-6-3-4-7-37(30)44(39)14-19-58(20-15-44)21-16-45(32-8-10-35(48)11-9-32)28-59(29-66-45)41(61)31-22-33(46(49,50)51)25-34(23-31)47(52,53)54/h3-4,6-13,22-23,25,39,55H,5,14-21,24,26-29H2,1-2H3,(H,63,64)/t39-,45+/m0/s1. The second-order valence-corrected chi connectivity index (χ2v) is 18.5. The Bertz CT molecular complexity index is 2410. The third-order valence-corrected chi connectivity index (χ3v) is 14.1. The first kappa shape index (κ1) is 49.3. The fourth-order valence-electron chi connectivity index (χ4n) is 9.29. The van der Waals surface area contributed by atoms with Crippen LogP contribution in [0.15, 0.2) is 78.9 Å². The molecule has 4 aromatic rings. The van der Waals surface area contributed by atoms with E-state index in [1.54, 1.807) is 36.0 Å². The van der Waals surface area contributed by atoms with E-state index in [1.165, 1.54) is 35.6 Å². The molecule has 0 radical (unpaired) electrons. The lowest BCUT2D eigenvalue weighted by atomic mass is 9.72. The lowest BCUT2D eigenvalue weighted by Gasteiger charge is -2.44. The third kappa shape index (κ3) is 11.2. The van der Waals surface area contributed by atoms with Crippen LogP contribution in [0.2, 0.25) is 0 Å². The molecule has 3 aliphatic rings. The Morgan fingerprint density at radius 2 is 1.55 bits per heavy atom. The van der Waals surface area contributed by atoms with Crippen molar-refractivity contribution >= 4 is 35.2 Å². The molecular weight excluding hydrogens is 912 g/mol. The van der Waals surface area contributed by atoms with Crippen molar-refractivity contribution in [2.24, 2.45) is 0 Å². The van der Waals surface area contributed by atoms with Gasteiger partial charge in [-0.25, -0.2) is 9.18 Å².